The van der Waals surface area contributed by atoms with Crippen molar-refractivity contribution in [2.45, 2.75) is 13.8 Å². The molecule has 0 radical (unpaired) electrons. The van der Waals surface area contributed by atoms with Crippen molar-refractivity contribution < 1.29 is 9.53 Å². The molecule has 0 bridgehead atoms. The van der Waals surface area contributed by atoms with Crippen LogP contribution in [0, 0.1) is 5.41 Å². The first-order chi connectivity index (χ1) is 8.94. The third kappa shape index (κ3) is 2.70. The highest BCUT2D eigenvalue weighted by Crippen LogP contribution is 2.24. The van der Waals surface area contributed by atoms with E-state index < -0.39 is 5.41 Å². The van der Waals surface area contributed by atoms with Crippen LogP contribution in [0.4, 0.5) is 5.69 Å². The average Bonchev–Trinajstić information content (AvgIpc) is 2.84. The fourth-order valence-corrected chi connectivity index (χ4v) is 2.19. The molecule has 0 atom stereocenters. The van der Waals surface area contributed by atoms with Gasteiger partial charge in [0.05, 0.1) is 29.9 Å². The second-order valence-corrected chi connectivity index (χ2v) is 5.34. The summed E-state index contributed by atoms with van der Waals surface area (Å²) in [6.45, 7) is 4.34. The summed E-state index contributed by atoms with van der Waals surface area (Å²) in [5.41, 5.74) is 2.41. The van der Waals surface area contributed by atoms with Crippen LogP contribution in [0.2, 0.25) is 0 Å². The lowest BCUT2D eigenvalue weighted by Gasteiger charge is -2.29. The molecule has 0 saturated carbocycles. The number of aromatic amines is 1. The highest BCUT2D eigenvalue weighted by molar-refractivity contribution is 5.80. The molecule has 19 heavy (non-hydrogen) atoms. The van der Waals surface area contributed by atoms with Gasteiger partial charge in [0.25, 0.3) is 0 Å². The first-order valence-corrected chi connectivity index (χ1v) is 6.17. The number of fused-ring (bicyclic) bond motifs is 1. The van der Waals surface area contributed by atoms with Crippen molar-refractivity contribution >= 4 is 22.7 Å². The lowest BCUT2D eigenvalue weighted by molar-refractivity contribution is -0.150. The Hall–Kier alpha value is -2.04. The van der Waals surface area contributed by atoms with Crippen molar-refractivity contribution in [2.75, 3.05) is 25.6 Å². The number of H-pyrrole nitrogens is 1. The first kappa shape index (κ1) is 13.4. The Balaban J connectivity index is 2.19. The molecule has 1 aromatic heterocycles. The quantitative estimate of drug-likeness (QED) is 0.857. The molecule has 5 nitrogen and oxygen atoms in total. The van der Waals surface area contributed by atoms with E-state index >= 15 is 0 Å². The molecule has 0 spiro atoms. The Morgan fingerprint density at radius 3 is 2.89 bits per heavy atom. The maximum Gasteiger partial charge on any atom is 0.313 e. The number of methoxy groups -OCH3 is 1. The maximum atomic E-state index is 11.7. The summed E-state index contributed by atoms with van der Waals surface area (Å²) in [6.07, 6.45) is 1.67. The highest BCUT2D eigenvalue weighted by Gasteiger charge is 2.30. The van der Waals surface area contributed by atoms with Crippen LogP contribution in [0.15, 0.2) is 24.5 Å². The van der Waals surface area contributed by atoms with E-state index in [-0.39, 0.29) is 5.97 Å². The minimum atomic E-state index is -0.549. The molecule has 0 fully saturated rings. The molecule has 0 saturated heterocycles. The number of nitrogens with one attached hydrogen (secondary N) is 1. The van der Waals surface area contributed by atoms with Gasteiger partial charge in [0.15, 0.2) is 0 Å². The SMILES string of the molecule is COC(=O)C(C)(C)CN(C)c1ccc2nc[nH]c2c1. The molecule has 1 aromatic carbocycles. The minimum Gasteiger partial charge on any atom is -0.469 e. The van der Waals surface area contributed by atoms with Gasteiger partial charge in [-0.25, -0.2) is 4.98 Å². The third-order valence-electron chi connectivity index (χ3n) is 3.22. The van der Waals surface area contributed by atoms with Gasteiger partial charge in [0.1, 0.15) is 0 Å². The summed E-state index contributed by atoms with van der Waals surface area (Å²) in [5, 5.41) is 0. The minimum absolute atomic E-state index is 0.207. The fourth-order valence-electron chi connectivity index (χ4n) is 2.19. The number of rotatable bonds is 4. The van der Waals surface area contributed by atoms with Gasteiger partial charge in [-0.05, 0) is 32.0 Å². The van der Waals surface area contributed by atoms with Crippen molar-refractivity contribution in [1.82, 2.24) is 9.97 Å². The highest BCUT2D eigenvalue weighted by atomic mass is 16.5. The van der Waals surface area contributed by atoms with Crippen LogP contribution in [-0.4, -0.2) is 36.6 Å². The van der Waals surface area contributed by atoms with Gasteiger partial charge in [0.2, 0.25) is 0 Å². The number of benzene rings is 1. The summed E-state index contributed by atoms with van der Waals surface area (Å²) < 4.78 is 4.83. The van der Waals surface area contributed by atoms with Crippen LogP contribution < -0.4 is 4.90 Å². The lowest BCUT2D eigenvalue weighted by atomic mass is 9.93. The number of imidazole rings is 1. The molecule has 0 aliphatic carbocycles. The fraction of sp³-hybridized carbons (Fsp3) is 0.429. The number of carbonyl (C=O) groups excluding carboxylic acids is 1. The molecule has 0 amide bonds. The van der Waals surface area contributed by atoms with Crippen LogP contribution in [0.1, 0.15) is 13.8 Å². The number of esters is 1. The Morgan fingerprint density at radius 2 is 2.21 bits per heavy atom. The predicted molar refractivity (Wildman–Crippen MR) is 75.2 cm³/mol. The number of carbonyl (C=O) groups is 1. The Bertz CT molecular complexity index is 589. The number of aromatic nitrogens is 2. The first-order valence-electron chi connectivity index (χ1n) is 6.17. The zero-order valence-corrected chi connectivity index (χ0v) is 11.7. The molecular weight excluding hydrogens is 242 g/mol. The van der Waals surface area contributed by atoms with E-state index in [0.29, 0.717) is 6.54 Å². The van der Waals surface area contributed by atoms with Crippen LogP contribution in [0.5, 0.6) is 0 Å². The van der Waals surface area contributed by atoms with Gasteiger partial charge in [-0.3, -0.25) is 4.79 Å². The van der Waals surface area contributed by atoms with Gasteiger partial charge < -0.3 is 14.6 Å². The summed E-state index contributed by atoms with van der Waals surface area (Å²) >= 11 is 0. The normalized spacial score (nSPS) is 11.6. The van der Waals surface area contributed by atoms with E-state index in [2.05, 4.69) is 9.97 Å². The standard InChI is InChI=1S/C14H19N3O2/c1-14(2,13(18)19-4)8-17(3)10-5-6-11-12(7-10)16-9-15-11/h5-7,9H,8H2,1-4H3,(H,15,16). The largest absolute Gasteiger partial charge is 0.469 e. The van der Waals surface area contributed by atoms with Crippen LogP contribution >= 0.6 is 0 Å². The van der Waals surface area contributed by atoms with E-state index in [0.717, 1.165) is 16.7 Å². The topological polar surface area (TPSA) is 58.2 Å². The number of hydrogen-bond donors (Lipinski definition) is 1. The predicted octanol–water partition coefficient (Wildman–Crippen LogP) is 2.20. The number of ether oxygens (including phenoxy) is 1. The Kier molecular flexibility index (Phi) is 3.46. The Labute approximate surface area is 112 Å². The third-order valence-corrected chi connectivity index (χ3v) is 3.22. The molecule has 0 aliphatic heterocycles. The lowest BCUT2D eigenvalue weighted by Crippen LogP contribution is -2.38. The molecule has 2 aromatic rings. The van der Waals surface area contributed by atoms with E-state index in [1.165, 1.54) is 7.11 Å². The molecule has 5 heteroatoms. The molecule has 1 N–H and O–H groups in total. The number of hydrogen-bond acceptors (Lipinski definition) is 4. The number of nitrogens with zero attached hydrogens (tertiary/aromatic N) is 2. The number of anilines is 1. The summed E-state index contributed by atoms with van der Waals surface area (Å²) in [4.78, 5) is 21.0. The van der Waals surface area contributed by atoms with Crippen molar-refractivity contribution in [1.29, 1.82) is 0 Å². The van der Waals surface area contributed by atoms with E-state index in [4.69, 9.17) is 4.74 Å². The Morgan fingerprint density at radius 1 is 1.47 bits per heavy atom. The monoisotopic (exact) mass is 261 g/mol. The molecule has 1 heterocycles. The van der Waals surface area contributed by atoms with Crippen molar-refractivity contribution in [3.8, 4) is 0 Å². The molecule has 2 rings (SSSR count). The smallest absolute Gasteiger partial charge is 0.313 e. The van der Waals surface area contributed by atoms with Crippen LogP contribution in [-0.2, 0) is 9.53 Å². The zero-order valence-electron chi connectivity index (χ0n) is 11.7. The molecular formula is C14H19N3O2. The van der Waals surface area contributed by atoms with Gasteiger partial charge in [-0.2, -0.15) is 0 Å². The van der Waals surface area contributed by atoms with Crippen molar-refractivity contribution in [2.24, 2.45) is 5.41 Å². The maximum absolute atomic E-state index is 11.7. The van der Waals surface area contributed by atoms with Gasteiger partial charge >= 0.3 is 5.97 Å². The average molecular weight is 261 g/mol. The van der Waals surface area contributed by atoms with E-state index in [9.17, 15) is 4.79 Å². The molecule has 102 valence electrons. The van der Waals surface area contributed by atoms with Crippen molar-refractivity contribution in [3.05, 3.63) is 24.5 Å². The second-order valence-electron chi connectivity index (χ2n) is 5.34. The summed E-state index contributed by atoms with van der Waals surface area (Å²) in [7, 11) is 3.38. The van der Waals surface area contributed by atoms with Crippen LogP contribution in [0.3, 0.4) is 0 Å². The molecule has 0 unspecified atom stereocenters. The van der Waals surface area contributed by atoms with E-state index in [1.54, 1.807) is 6.33 Å². The van der Waals surface area contributed by atoms with E-state index in [1.807, 2.05) is 44.0 Å². The van der Waals surface area contributed by atoms with Gasteiger partial charge in [-0.1, -0.05) is 0 Å². The van der Waals surface area contributed by atoms with Gasteiger partial charge in [-0.15, -0.1) is 0 Å². The summed E-state index contributed by atoms with van der Waals surface area (Å²) in [6, 6.07) is 5.98. The van der Waals surface area contributed by atoms with Gasteiger partial charge in [0, 0.05) is 19.3 Å². The van der Waals surface area contributed by atoms with Crippen LogP contribution in [0.25, 0.3) is 11.0 Å². The van der Waals surface area contributed by atoms with Crippen molar-refractivity contribution in [3.63, 3.8) is 0 Å². The molecule has 0 aliphatic rings. The summed E-state index contributed by atoms with van der Waals surface area (Å²) in [5.74, 6) is -0.207. The zero-order chi connectivity index (χ0) is 14.0. The second kappa shape index (κ2) is 4.91.